The number of esters is 1. The molecule has 1 aliphatic heterocycles. The number of hydrogen-bond donors (Lipinski definition) is 0. The summed E-state index contributed by atoms with van der Waals surface area (Å²) in [4.78, 5) is 28.6. The molecular weight excluding hydrogens is 443 g/mol. The summed E-state index contributed by atoms with van der Waals surface area (Å²) >= 11 is 2.21. The Kier molecular flexibility index (Phi) is 4.20. The monoisotopic (exact) mass is 456 g/mol. The molecular formula is C20H13IN2O3. The predicted octanol–water partition coefficient (Wildman–Crippen LogP) is 4.25. The van der Waals surface area contributed by atoms with Crippen LogP contribution in [0.1, 0.15) is 23.0 Å². The maximum Gasteiger partial charge on any atom is 0.363 e. The lowest BCUT2D eigenvalue weighted by Gasteiger charge is -2.02. The Morgan fingerprint density at radius 3 is 2.62 bits per heavy atom. The highest BCUT2D eigenvalue weighted by Gasteiger charge is 2.25. The number of carbonyl (C=O) groups excluding carboxylic acids is 2. The molecule has 2 aromatic carbocycles. The highest BCUT2D eigenvalue weighted by molar-refractivity contribution is 14.1. The van der Waals surface area contributed by atoms with Crippen molar-refractivity contribution < 1.29 is 14.3 Å². The maximum absolute atomic E-state index is 12.2. The van der Waals surface area contributed by atoms with Gasteiger partial charge in [-0.15, -0.1) is 0 Å². The summed E-state index contributed by atoms with van der Waals surface area (Å²) in [7, 11) is 0. The van der Waals surface area contributed by atoms with E-state index in [4.69, 9.17) is 4.74 Å². The van der Waals surface area contributed by atoms with Crippen molar-refractivity contribution in [3.8, 4) is 0 Å². The molecule has 0 saturated heterocycles. The van der Waals surface area contributed by atoms with E-state index in [2.05, 4.69) is 27.6 Å². The van der Waals surface area contributed by atoms with Crippen LogP contribution in [-0.4, -0.2) is 22.3 Å². The Morgan fingerprint density at radius 2 is 1.88 bits per heavy atom. The fourth-order valence-corrected chi connectivity index (χ4v) is 3.26. The number of halogens is 1. The first-order chi connectivity index (χ1) is 12.5. The van der Waals surface area contributed by atoms with Crippen LogP contribution in [0.25, 0.3) is 17.0 Å². The molecule has 26 heavy (non-hydrogen) atoms. The lowest BCUT2D eigenvalue weighted by molar-refractivity contribution is -0.129. The van der Waals surface area contributed by atoms with Crippen LogP contribution in [0.4, 0.5) is 0 Å². The molecule has 0 radical (unpaired) electrons. The molecule has 0 atom stereocenters. The third-order valence-electron chi connectivity index (χ3n) is 4.05. The Morgan fingerprint density at radius 1 is 1.15 bits per heavy atom. The number of cyclic esters (lactones) is 1. The number of aromatic nitrogens is 1. The number of hydrogen-bond acceptors (Lipinski definition) is 4. The summed E-state index contributed by atoms with van der Waals surface area (Å²) in [5, 5.41) is 0.919. The van der Waals surface area contributed by atoms with Crippen LogP contribution >= 0.6 is 22.6 Å². The van der Waals surface area contributed by atoms with E-state index in [1.807, 2.05) is 54.6 Å². The van der Waals surface area contributed by atoms with Gasteiger partial charge in [0.25, 0.3) is 0 Å². The van der Waals surface area contributed by atoms with Gasteiger partial charge in [-0.1, -0.05) is 18.2 Å². The van der Waals surface area contributed by atoms with Gasteiger partial charge in [0.15, 0.2) is 5.70 Å². The van der Waals surface area contributed by atoms with E-state index in [1.54, 1.807) is 10.6 Å². The zero-order chi connectivity index (χ0) is 18.3. The van der Waals surface area contributed by atoms with Gasteiger partial charge in [0, 0.05) is 21.4 Å². The van der Waals surface area contributed by atoms with Crippen LogP contribution in [0, 0.1) is 3.57 Å². The summed E-state index contributed by atoms with van der Waals surface area (Å²) in [6.07, 6.45) is 1.59. The second-order valence-electron chi connectivity index (χ2n) is 5.83. The topological polar surface area (TPSA) is 60.7 Å². The van der Waals surface area contributed by atoms with Crippen molar-refractivity contribution in [3.05, 3.63) is 75.1 Å². The van der Waals surface area contributed by atoms with Crippen molar-refractivity contribution >= 4 is 57.3 Å². The molecule has 4 rings (SSSR count). The van der Waals surface area contributed by atoms with Crippen LogP contribution in [0.5, 0.6) is 0 Å². The zero-order valence-corrected chi connectivity index (χ0v) is 15.9. The molecule has 0 aliphatic carbocycles. The normalized spacial score (nSPS) is 15.4. The fourth-order valence-electron chi connectivity index (χ4n) is 2.90. The quantitative estimate of drug-likeness (QED) is 0.329. The lowest BCUT2D eigenvalue weighted by Crippen LogP contribution is -2.08. The lowest BCUT2D eigenvalue weighted by atomic mass is 10.2. The number of rotatable bonds is 2. The van der Waals surface area contributed by atoms with E-state index in [0.29, 0.717) is 5.69 Å². The summed E-state index contributed by atoms with van der Waals surface area (Å²) in [6.45, 7) is 1.49. The average molecular weight is 456 g/mol. The van der Waals surface area contributed by atoms with Gasteiger partial charge in [-0.05, 0) is 65.1 Å². The molecule has 6 heteroatoms. The van der Waals surface area contributed by atoms with Crippen molar-refractivity contribution in [2.24, 2.45) is 4.99 Å². The average Bonchev–Trinajstić information content (AvgIpc) is 3.16. The van der Waals surface area contributed by atoms with E-state index >= 15 is 0 Å². The second kappa shape index (κ2) is 6.53. The van der Waals surface area contributed by atoms with Crippen LogP contribution in [0.3, 0.4) is 0 Å². The van der Waals surface area contributed by atoms with Crippen molar-refractivity contribution in [3.63, 3.8) is 0 Å². The summed E-state index contributed by atoms with van der Waals surface area (Å²) in [6, 6.07) is 17.0. The molecule has 0 N–H and O–H groups in total. The van der Waals surface area contributed by atoms with Gasteiger partial charge in [-0.3, -0.25) is 9.36 Å². The van der Waals surface area contributed by atoms with Crippen molar-refractivity contribution in [1.29, 1.82) is 0 Å². The minimum Gasteiger partial charge on any atom is -0.402 e. The maximum atomic E-state index is 12.2. The first kappa shape index (κ1) is 16.7. The SMILES string of the molecule is CC(=O)n1c(/C=C2\N=C(c3ccc(I)cc3)OC2=O)cc2ccccc21. The van der Waals surface area contributed by atoms with Crippen LogP contribution in [0.2, 0.25) is 0 Å². The Balaban J connectivity index is 1.80. The van der Waals surface area contributed by atoms with Gasteiger partial charge in [0.05, 0.1) is 11.2 Å². The van der Waals surface area contributed by atoms with Crippen molar-refractivity contribution in [1.82, 2.24) is 4.57 Å². The smallest absolute Gasteiger partial charge is 0.363 e. The molecule has 0 bridgehead atoms. The van der Waals surface area contributed by atoms with Crippen molar-refractivity contribution in [2.75, 3.05) is 0 Å². The fraction of sp³-hybridized carbons (Fsp3) is 0.0500. The van der Waals surface area contributed by atoms with E-state index < -0.39 is 5.97 Å². The first-order valence-electron chi connectivity index (χ1n) is 7.93. The van der Waals surface area contributed by atoms with Gasteiger partial charge in [-0.25, -0.2) is 9.79 Å². The molecule has 0 amide bonds. The molecule has 2 heterocycles. The molecule has 5 nitrogen and oxygen atoms in total. The molecule has 3 aromatic rings. The van der Waals surface area contributed by atoms with Crippen molar-refractivity contribution in [2.45, 2.75) is 6.92 Å². The van der Waals surface area contributed by atoms with Crippen LogP contribution < -0.4 is 0 Å². The molecule has 0 saturated carbocycles. The predicted molar refractivity (Wildman–Crippen MR) is 108 cm³/mol. The van der Waals surface area contributed by atoms with E-state index in [0.717, 1.165) is 20.0 Å². The number of ether oxygens (including phenoxy) is 1. The highest BCUT2D eigenvalue weighted by Crippen LogP contribution is 2.24. The van der Waals surface area contributed by atoms with E-state index in [9.17, 15) is 9.59 Å². The van der Waals surface area contributed by atoms with Gasteiger partial charge < -0.3 is 4.74 Å². The molecule has 128 valence electrons. The Bertz CT molecular complexity index is 1110. The minimum atomic E-state index is -0.529. The largest absolute Gasteiger partial charge is 0.402 e. The number of carbonyl (C=O) groups is 2. The second-order valence-corrected chi connectivity index (χ2v) is 7.07. The molecule has 1 aliphatic rings. The summed E-state index contributed by atoms with van der Waals surface area (Å²) in [5.74, 6) is -0.395. The molecule has 0 unspecified atom stereocenters. The van der Waals surface area contributed by atoms with Gasteiger partial charge in [0.2, 0.25) is 11.8 Å². The molecule has 0 fully saturated rings. The van der Waals surface area contributed by atoms with Gasteiger partial charge in [-0.2, -0.15) is 0 Å². The summed E-state index contributed by atoms with van der Waals surface area (Å²) < 4.78 is 7.94. The van der Waals surface area contributed by atoms with Crippen LogP contribution in [0.15, 0.2) is 65.3 Å². The first-order valence-corrected chi connectivity index (χ1v) is 9.01. The van der Waals surface area contributed by atoms with Gasteiger partial charge >= 0.3 is 5.97 Å². The Hall–Kier alpha value is -2.74. The van der Waals surface area contributed by atoms with E-state index in [1.165, 1.54) is 6.92 Å². The number of aliphatic imine (C=N–C) groups is 1. The third kappa shape index (κ3) is 2.96. The van der Waals surface area contributed by atoms with Crippen LogP contribution in [-0.2, 0) is 9.53 Å². The minimum absolute atomic E-state index is 0.133. The standard InChI is InChI=1S/C20H13IN2O3/c1-12(24)23-16(10-14-4-2-3-5-18(14)23)11-17-20(25)26-19(22-17)13-6-8-15(21)9-7-13/h2-11H,1H3/b17-11-. The zero-order valence-electron chi connectivity index (χ0n) is 13.8. The third-order valence-corrected chi connectivity index (χ3v) is 4.77. The molecule has 0 spiro atoms. The van der Waals surface area contributed by atoms with Gasteiger partial charge in [0.1, 0.15) is 0 Å². The number of nitrogens with zero attached hydrogens (tertiary/aromatic N) is 2. The summed E-state index contributed by atoms with van der Waals surface area (Å²) in [5.41, 5.74) is 2.29. The number of benzene rings is 2. The number of para-hydroxylation sites is 1. The molecule has 1 aromatic heterocycles. The van der Waals surface area contributed by atoms with E-state index in [-0.39, 0.29) is 17.5 Å². The highest BCUT2D eigenvalue weighted by atomic mass is 127. The Labute approximate surface area is 163 Å². The number of fused-ring (bicyclic) bond motifs is 1.